The number of nitriles is 3. The molecule has 7 aromatic rings. The number of primary amides is 1. The quantitative estimate of drug-likeness (QED) is 0.0385. The third-order valence-electron chi connectivity index (χ3n) is 11.9. The van der Waals surface area contributed by atoms with Crippen molar-refractivity contribution < 1.29 is 36.9 Å². The van der Waals surface area contributed by atoms with Crippen LogP contribution in [0.5, 0.6) is 0 Å². The van der Waals surface area contributed by atoms with E-state index in [2.05, 4.69) is 36.1 Å². The highest BCUT2D eigenvalue weighted by atomic mass is 32.2. The molecule has 7 aromatic carbocycles. The molecular formula is C63H65N7O8S5. The molecule has 0 spiro atoms. The molecule has 6 N–H and O–H groups in total. The molecule has 3 amide bonds. The van der Waals surface area contributed by atoms with Crippen LogP contribution < -0.4 is 16.8 Å². The van der Waals surface area contributed by atoms with Gasteiger partial charge < -0.3 is 26.8 Å². The van der Waals surface area contributed by atoms with Crippen LogP contribution >= 0.6 is 47.9 Å². The van der Waals surface area contributed by atoms with Crippen molar-refractivity contribution in [2.24, 2.45) is 11.5 Å². The van der Waals surface area contributed by atoms with Gasteiger partial charge in [0, 0.05) is 31.8 Å². The van der Waals surface area contributed by atoms with Gasteiger partial charge in [0.1, 0.15) is 17.4 Å². The first kappa shape index (κ1) is 67.8. The van der Waals surface area contributed by atoms with E-state index in [4.69, 9.17) is 36.5 Å². The minimum atomic E-state index is -3.96. The van der Waals surface area contributed by atoms with E-state index in [1.54, 1.807) is 77.7 Å². The fourth-order valence-electron chi connectivity index (χ4n) is 7.54. The van der Waals surface area contributed by atoms with E-state index in [1.807, 2.05) is 135 Å². The van der Waals surface area contributed by atoms with Crippen molar-refractivity contribution in [2.75, 3.05) is 19.6 Å². The van der Waals surface area contributed by atoms with Crippen molar-refractivity contribution in [1.29, 1.82) is 15.8 Å². The van der Waals surface area contributed by atoms with E-state index in [1.165, 1.54) is 53.7 Å². The maximum Gasteiger partial charge on any atom is 0.298 e. The van der Waals surface area contributed by atoms with Crippen LogP contribution in [0.2, 0.25) is 0 Å². The first-order chi connectivity index (χ1) is 39.9. The molecule has 7 atom stereocenters. The van der Waals surface area contributed by atoms with Crippen LogP contribution in [0, 0.1) is 40.9 Å². The molecule has 0 aliphatic carbocycles. The standard InChI is InChI=1S/C15H13NO3S.C13H16N2O2S.C10H9NOS.C9H9NOS.C8H7NO.C8H11NS/c1-12-7-9-14(10-8-12)20(17,18)19-15(11-16)13-5-3-2-4-6-13;1-2-10(12(14)16)15-8-11(18-13(15)17)9-6-4-3-5-7-9;1-8(12)13-10(7-11)9-5-3-2-4-6-9;11-9-10-6-8(12-9)7-4-2-1-3-5-7;2*9-6-8(10)7-4-2-1-3-5-7/h2-10,15H,1H3;3-7,10-11H,2,8H2,1H3,(H2,14,16);2-6,10H,1H3;1-5,8H,6H2,(H,10,11);1-5,8,10H;1-5,8,10H,6,9H2. The minimum Gasteiger partial charge on any atom is -0.374 e. The van der Waals surface area contributed by atoms with Gasteiger partial charge in [-0.05, 0) is 58.9 Å². The van der Waals surface area contributed by atoms with Gasteiger partial charge >= 0.3 is 0 Å². The van der Waals surface area contributed by atoms with Gasteiger partial charge in [-0.3, -0.25) is 19.2 Å². The second kappa shape index (κ2) is 36.7. The fourth-order valence-corrected chi connectivity index (χ4v) is 11.4. The number of nitrogens with two attached hydrogens (primary N) is 2. The highest BCUT2D eigenvalue weighted by Crippen LogP contribution is 2.39. The summed E-state index contributed by atoms with van der Waals surface area (Å²) < 4.78 is 29.2. The summed E-state index contributed by atoms with van der Waals surface area (Å²) in [5, 5.41) is 38.1. The molecule has 2 aliphatic heterocycles. The van der Waals surface area contributed by atoms with E-state index in [0.29, 0.717) is 35.9 Å². The Balaban J connectivity index is 0.000000218. The number of nitrogens with zero attached hydrogens (tertiary/aromatic N) is 4. The Bertz CT molecular complexity index is 3320. The van der Waals surface area contributed by atoms with Gasteiger partial charge in [-0.25, -0.2) is 4.18 Å². The van der Waals surface area contributed by atoms with Crippen LogP contribution in [-0.4, -0.2) is 65.6 Å². The summed E-state index contributed by atoms with van der Waals surface area (Å²) in [5.74, 6) is -0.430. The number of rotatable bonds is 14. The lowest BCUT2D eigenvalue weighted by Gasteiger charge is -2.23. The third-order valence-corrected chi connectivity index (χ3v) is 16.8. The van der Waals surface area contributed by atoms with Crippen LogP contribution in [-0.2, 0) is 23.9 Å². The lowest BCUT2D eigenvalue weighted by molar-refractivity contribution is -0.122. The summed E-state index contributed by atoms with van der Waals surface area (Å²) in [6, 6.07) is 68.2. The van der Waals surface area contributed by atoms with E-state index in [-0.39, 0.29) is 36.2 Å². The zero-order chi connectivity index (χ0) is 60.6. The van der Waals surface area contributed by atoms with Crippen molar-refractivity contribution >= 4 is 79.5 Å². The highest BCUT2D eigenvalue weighted by molar-refractivity contribution is 8.14. The third kappa shape index (κ3) is 23.6. The molecule has 20 heteroatoms. The Morgan fingerprint density at radius 3 is 1.57 bits per heavy atom. The maximum atomic E-state index is 12.1. The van der Waals surface area contributed by atoms with Crippen LogP contribution in [0.1, 0.15) is 92.4 Å². The number of aryl methyl sites for hydroxylation is 1. The van der Waals surface area contributed by atoms with Crippen LogP contribution in [0.4, 0.5) is 9.59 Å². The number of carbonyl (C=O) groups excluding carboxylic acids is 4. The number of hydrogen-bond donors (Lipinski definition) is 5. The van der Waals surface area contributed by atoms with Gasteiger partial charge in [0.25, 0.3) is 20.6 Å². The normalized spacial score (nSPS) is 15.7. The lowest BCUT2D eigenvalue weighted by atomic mass is 10.1. The maximum absolute atomic E-state index is 12.1. The Hall–Kier alpha value is -7.68. The molecule has 83 heavy (non-hydrogen) atoms. The summed E-state index contributed by atoms with van der Waals surface area (Å²) >= 11 is 7.98. The number of aliphatic hydroxyl groups excluding tert-OH is 1. The first-order valence-electron chi connectivity index (χ1n) is 25.9. The minimum absolute atomic E-state index is 0.0320. The number of benzene rings is 7. The number of aliphatic hydroxyl groups is 1. The van der Waals surface area contributed by atoms with Crippen LogP contribution in [0.25, 0.3) is 0 Å². The molecule has 0 saturated carbocycles. The number of thiol groups is 1. The topological polar surface area (TPSA) is 271 Å². The largest absolute Gasteiger partial charge is 0.374 e. The van der Waals surface area contributed by atoms with Gasteiger partial charge in [-0.15, -0.1) is 0 Å². The van der Waals surface area contributed by atoms with Crippen molar-refractivity contribution in [3.63, 3.8) is 0 Å². The number of carbonyl (C=O) groups is 4. The average molecular weight is 1210 g/mol. The monoisotopic (exact) mass is 1210 g/mol. The molecule has 2 heterocycles. The Kier molecular flexibility index (Phi) is 30.0. The van der Waals surface area contributed by atoms with E-state index >= 15 is 0 Å². The molecule has 2 aliphatic rings. The first-order valence-corrected chi connectivity index (χ1v) is 30.4. The summed E-state index contributed by atoms with van der Waals surface area (Å²) in [6.45, 7) is 7.09. The van der Waals surface area contributed by atoms with Gasteiger partial charge in [-0.2, -0.15) is 36.8 Å². The van der Waals surface area contributed by atoms with Gasteiger partial charge in [-0.1, -0.05) is 242 Å². The number of thioether (sulfide) groups is 3. The molecule has 15 nitrogen and oxygen atoms in total. The predicted octanol–water partition coefficient (Wildman–Crippen LogP) is 12.7. The van der Waals surface area contributed by atoms with Crippen molar-refractivity contribution in [3.05, 3.63) is 245 Å². The van der Waals surface area contributed by atoms with E-state index < -0.39 is 34.3 Å². The smallest absolute Gasteiger partial charge is 0.298 e. The molecule has 0 aromatic heterocycles. The average Bonchev–Trinajstić information content (AvgIpc) is 4.21. The summed E-state index contributed by atoms with van der Waals surface area (Å²) in [7, 11) is -3.96. The molecule has 9 rings (SSSR count). The van der Waals surface area contributed by atoms with Crippen molar-refractivity contribution in [2.45, 2.75) is 71.3 Å². The second-order valence-corrected chi connectivity index (χ2v) is 23.7. The zero-order valence-corrected chi connectivity index (χ0v) is 50.0. The fraction of sp³-hybridized carbons (Fsp3) is 0.222. The molecule has 0 bridgehead atoms. The number of hydrogen-bond acceptors (Lipinski definition) is 16. The molecule has 7 unspecified atom stereocenters. The van der Waals surface area contributed by atoms with Crippen molar-refractivity contribution in [3.8, 4) is 18.2 Å². The van der Waals surface area contributed by atoms with E-state index in [9.17, 15) is 27.6 Å². The predicted molar refractivity (Wildman–Crippen MR) is 334 cm³/mol. The Labute approximate surface area is 505 Å². The van der Waals surface area contributed by atoms with Gasteiger partial charge in [0.2, 0.25) is 5.91 Å². The Morgan fingerprint density at radius 2 is 1.16 bits per heavy atom. The number of nitrogens with one attached hydrogen (secondary N) is 1. The van der Waals surface area contributed by atoms with Crippen LogP contribution in [0.15, 0.2) is 211 Å². The summed E-state index contributed by atoms with van der Waals surface area (Å²) in [5.41, 5.74) is 17.3. The lowest BCUT2D eigenvalue weighted by Crippen LogP contribution is -2.44. The summed E-state index contributed by atoms with van der Waals surface area (Å²) in [4.78, 5) is 46.6. The van der Waals surface area contributed by atoms with Crippen LogP contribution in [0.3, 0.4) is 0 Å². The molecule has 0 radical (unpaired) electrons. The van der Waals surface area contributed by atoms with Crippen molar-refractivity contribution in [1.82, 2.24) is 10.2 Å². The van der Waals surface area contributed by atoms with Gasteiger partial charge in [0.05, 0.1) is 27.5 Å². The number of amides is 3. The van der Waals surface area contributed by atoms with E-state index in [0.717, 1.165) is 35.0 Å². The second-order valence-electron chi connectivity index (χ2n) is 17.9. The molecule has 430 valence electrons. The molecular weight excluding hydrogens is 1140 g/mol. The molecule has 2 saturated heterocycles. The Morgan fingerprint density at radius 1 is 0.699 bits per heavy atom. The van der Waals surface area contributed by atoms with Gasteiger partial charge in [0.15, 0.2) is 17.3 Å². The highest BCUT2D eigenvalue weighted by Gasteiger charge is 2.37. The molecule has 2 fully saturated rings. The SMILES string of the molecule is CC(=O)SC(C#N)c1ccccc1.CCC(C(N)=O)N1CC(c2ccccc2)SC1=O.Cc1ccc(S(=O)(=O)OC(C#N)c2ccccc2)cc1.N#CC(O)c1ccccc1.NCC(S)c1ccccc1.O=C1NCC(c2ccccc2)S1. The summed E-state index contributed by atoms with van der Waals surface area (Å²) in [6.07, 6.45) is -1.58. The zero-order valence-electron chi connectivity index (χ0n) is 45.8.